The molecule has 0 aliphatic carbocycles. The Morgan fingerprint density at radius 2 is 2.12 bits per heavy atom. The third kappa shape index (κ3) is 3.98. The second-order valence-corrected chi connectivity index (χ2v) is 9.08. The summed E-state index contributed by atoms with van der Waals surface area (Å²) in [6, 6.07) is 3.25. The Hall–Kier alpha value is -0.970. The summed E-state index contributed by atoms with van der Waals surface area (Å²) in [5.74, 6) is 0. The van der Waals surface area contributed by atoms with Crippen LogP contribution in [-0.2, 0) is 14.8 Å². The van der Waals surface area contributed by atoms with Gasteiger partial charge in [0.15, 0.2) is 0 Å². The fourth-order valence-electron chi connectivity index (χ4n) is 2.18. The van der Waals surface area contributed by atoms with Crippen LogP contribution in [0.4, 0.5) is 0 Å². The van der Waals surface area contributed by atoms with Gasteiger partial charge in [-0.15, -0.1) is 11.3 Å². The maximum absolute atomic E-state index is 12.7. The zero-order chi connectivity index (χ0) is 17.2. The van der Waals surface area contributed by atoms with Gasteiger partial charge in [-0.25, -0.2) is 18.4 Å². The van der Waals surface area contributed by atoms with Gasteiger partial charge in [0.1, 0.15) is 21.9 Å². The number of rotatable bonds is 5. The molecule has 24 heavy (non-hydrogen) atoms. The quantitative estimate of drug-likeness (QED) is 0.753. The van der Waals surface area contributed by atoms with Gasteiger partial charge >= 0.3 is 6.01 Å². The molecule has 1 aliphatic heterocycles. The minimum Gasteiger partial charge on any atom is -0.461 e. The van der Waals surface area contributed by atoms with Crippen LogP contribution in [0.5, 0.6) is 6.01 Å². The number of hydrogen-bond donors (Lipinski definition) is 0. The minimum atomic E-state index is -3.73. The van der Waals surface area contributed by atoms with Crippen LogP contribution < -0.4 is 4.74 Å². The molecule has 0 radical (unpaired) electrons. The van der Waals surface area contributed by atoms with E-state index >= 15 is 0 Å². The van der Waals surface area contributed by atoms with Crippen LogP contribution in [0.2, 0.25) is 8.67 Å². The Balaban J connectivity index is 1.67. The first-order valence-electron chi connectivity index (χ1n) is 6.93. The molecule has 0 N–H and O–H groups in total. The SMILES string of the molecule is O=S(=O)(c1cc(Cl)sc1Cl)N1CCOC(COc2ncccn2)C1. The summed E-state index contributed by atoms with van der Waals surface area (Å²) >= 11 is 12.9. The van der Waals surface area contributed by atoms with Crippen molar-refractivity contribution in [3.8, 4) is 6.01 Å². The number of sulfonamides is 1. The Morgan fingerprint density at radius 1 is 1.38 bits per heavy atom. The molecule has 0 spiro atoms. The summed E-state index contributed by atoms with van der Waals surface area (Å²) in [4.78, 5) is 7.90. The highest BCUT2D eigenvalue weighted by atomic mass is 35.5. The maximum Gasteiger partial charge on any atom is 0.316 e. The molecule has 0 aromatic carbocycles. The topological polar surface area (TPSA) is 81.6 Å². The summed E-state index contributed by atoms with van der Waals surface area (Å²) in [5.41, 5.74) is 0. The smallest absolute Gasteiger partial charge is 0.316 e. The normalized spacial score (nSPS) is 19.3. The molecule has 2 aromatic rings. The molecule has 1 unspecified atom stereocenters. The van der Waals surface area contributed by atoms with Crippen LogP contribution >= 0.6 is 34.5 Å². The van der Waals surface area contributed by atoms with Crippen molar-refractivity contribution in [2.75, 3.05) is 26.3 Å². The molecular formula is C13H13Cl2N3O4S2. The van der Waals surface area contributed by atoms with Gasteiger partial charge in [0, 0.05) is 25.5 Å². The van der Waals surface area contributed by atoms with Crippen molar-refractivity contribution in [1.29, 1.82) is 0 Å². The number of hydrogen-bond acceptors (Lipinski definition) is 7. The van der Waals surface area contributed by atoms with E-state index in [4.69, 9.17) is 32.7 Å². The fraction of sp³-hybridized carbons (Fsp3) is 0.385. The second kappa shape index (κ2) is 7.51. The molecule has 130 valence electrons. The van der Waals surface area contributed by atoms with Crippen molar-refractivity contribution in [1.82, 2.24) is 14.3 Å². The summed E-state index contributed by atoms with van der Waals surface area (Å²) in [5, 5.41) is 0. The van der Waals surface area contributed by atoms with Crippen LogP contribution in [0.3, 0.4) is 0 Å². The zero-order valence-corrected chi connectivity index (χ0v) is 15.4. The molecule has 0 amide bonds. The lowest BCUT2D eigenvalue weighted by Gasteiger charge is -2.31. The van der Waals surface area contributed by atoms with E-state index in [9.17, 15) is 8.42 Å². The molecule has 3 heterocycles. The van der Waals surface area contributed by atoms with Crippen molar-refractivity contribution in [2.24, 2.45) is 0 Å². The van der Waals surface area contributed by atoms with Crippen LogP contribution in [0.1, 0.15) is 0 Å². The van der Waals surface area contributed by atoms with Gasteiger partial charge in [0.05, 0.1) is 10.9 Å². The van der Waals surface area contributed by atoms with Gasteiger partial charge in [-0.2, -0.15) is 4.31 Å². The molecule has 2 aromatic heterocycles. The van der Waals surface area contributed by atoms with Crippen LogP contribution in [0, 0.1) is 0 Å². The van der Waals surface area contributed by atoms with E-state index in [1.54, 1.807) is 18.5 Å². The number of nitrogens with zero attached hydrogens (tertiary/aromatic N) is 3. The van der Waals surface area contributed by atoms with Gasteiger partial charge in [0.25, 0.3) is 0 Å². The highest BCUT2D eigenvalue weighted by Gasteiger charge is 2.33. The van der Waals surface area contributed by atoms with E-state index in [1.165, 1.54) is 10.4 Å². The maximum atomic E-state index is 12.7. The highest BCUT2D eigenvalue weighted by Crippen LogP contribution is 2.36. The third-order valence-electron chi connectivity index (χ3n) is 3.29. The van der Waals surface area contributed by atoms with Gasteiger partial charge < -0.3 is 9.47 Å². The molecule has 0 bridgehead atoms. The summed E-state index contributed by atoms with van der Waals surface area (Å²) in [6.07, 6.45) is 2.69. The second-order valence-electron chi connectivity index (χ2n) is 4.89. The average molecular weight is 410 g/mol. The number of thiophene rings is 1. The van der Waals surface area contributed by atoms with Crippen molar-refractivity contribution in [3.05, 3.63) is 33.2 Å². The number of morpholine rings is 1. The number of aromatic nitrogens is 2. The molecular weight excluding hydrogens is 397 g/mol. The highest BCUT2D eigenvalue weighted by molar-refractivity contribution is 7.89. The van der Waals surface area contributed by atoms with E-state index in [-0.39, 0.29) is 41.5 Å². The Labute approximate surface area is 153 Å². The predicted octanol–water partition coefficient (Wildman–Crippen LogP) is 2.31. The van der Waals surface area contributed by atoms with Crippen LogP contribution in [-0.4, -0.2) is 55.1 Å². The molecule has 1 atom stereocenters. The third-order valence-corrected chi connectivity index (χ3v) is 6.90. The molecule has 7 nitrogen and oxygen atoms in total. The van der Waals surface area contributed by atoms with Gasteiger partial charge in [-0.3, -0.25) is 0 Å². The molecule has 11 heteroatoms. The van der Waals surface area contributed by atoms with Gasteiger partial charge in [-0.1, -0.05) is 23.2 Å². The van der Waals surface area contributed by atoms with E-state index < -0.39 is 16.1 Å². The lowest BCUT2D eigenvalue weighted by molar-refractivity contribution is -0.0265. The van der Waals surface area contributed by atoms with Crippen molar-refractivity contribution >= 4 is 44.6 Å². The number of halogens is 2. The summed E-state index contributed by atoms with van der Waals surface area (Å²) < 4.78 is 38.2. The Kier molecular flexibility index (Phi) is 5.58. The molecule has 0 saturated carbocycles. The summed E-state index contributed by atoms with van der Waals surface area (Å²) in [7, 11) is -3.73. The standard InChI is InChI=1S/C13H13Cl2N3O4S2/c14-11-6-10(12(15)23-11)24(19,20)18-4-5-21-9(7-18)8-22-13-16-2-1-3-17-13/h1-3,6,9H,4-5,7-8H2. The first kappa shape index (κ1) is 17.8. The van der Waals surface area contributed by atoms with Crippen molar-refractivity contribution in [3.63, 3.8) is 0 Å². The van der Waals surface area contributed by atoms with E-state index in [0.29, 0.717) is 4.34 Å². The Bertz CT molecular complexity index is 801. The first-order valence-corrected chi connectivity index (χ1v) is 9.94. The molecule has 1 fully saturated rings. The molecule has 1 saturated heterocycles. The fourth-order valence-corrected chi connectivity index (χ4v) is 5.75. The van der Waals surface area contributed by atoms with Gasteiger partial charge in [0.2, 0.25) is 10.0 Å². The monoisotopic (exact) mass is 409 g/mol. The predicted molar refractivity (Wildman–Crippen MR) is 90.4 cm³/mol. The average Bonchev–Trinajstić information content (AvgIpc) is 2.93. The minimum absolute atomic E-state index is 0.0205. The zero-order valence-electron chi connectivity index (χ0n) is 12.3. The van der Waals surface area contributed by atoms with E-state index in [0.717, 1.165) is 11.3 Å². The van der Waals surface area contributed by atoms with Crippen LogP contribution in [0.15, 0.2) is 29.4 Å². The van der Waals surface area contributed by atoms with Crippen LogP contribution in [0.25, 0.3) is 0 Å². The lowest BCUT2D eigenvalue weighted by Crippen LogP contribution is -2.47. The Morgan fingerprint density at radius 3 is 2.79 bits per heavy atom. The van der Waals surface area contributed by atoms with Gasteiger partial charge in [-0.05, 0) is 12.1 Å². The number of ether oxygens (including phenoxy) is 2. The lowest BCUT2D eigenvalue weighted by atomic mass is 10.3. The van der Waals surface area contributed by atoms with E-state index in [1.807, 2.05) is 0 Å². The van der Waals surface area contributed by atoms with Crippen molar-refractivity contribution in [2.45, 2.75) is 11.0 Å². The first-order chi connectivity index (χ1) is 11.5. The molecule has 3 rings (SSSR count). The summed E-state index contributed by atoms with van der Waals surface area (Å²) in [6.45, 7) is 0.802. The van der Waals surface area contributed by atoms with E-state index in [2.05, 4.69) is 9.97 Å². The largest absolute Gasteiger partial charge is 0.461 e. The van der Waals surface area contributed by atoms with Crippen molar-refractivity contribution < 1.29 is 17.9 Å². The molecule has 1 aliphatic rings.